The number of carboxylic acid groups (broad SMARTS) is 1. The summed E-state index contributed by atoms with van der Waals surface area (Å²) in [6.45, 7) is 1.04. The van der Waals surface area contributed by atoms with Gasteiger partial charge in [0, 0.05) is 44.0 Å². The van der Waals surface area contributed by atoms with Gasteiger partial charge in [0.15, 0.2) is 0 Å². The molecule has 7 heteroatoms. The first-order chi connectivity index (χ1) is 10.1. The minimum Gasteiger partial charge on any atom is -0.480 e. The van der Waals surface area contributed by atoms with Crippen molar-refractivity contribution < 1.29 is 14.7 Å². The van der Waals surface area contributed by atoms with E-state index < -0.39 is 12.0 Å². The van der Waals surface area contributed by atoms with Crippen LogP contribution in [0.25, 0.3) is 0 Å². The molecule has 1 saturated heterocycles. The summed E-state index contributed by atoms with van der Waals surface area (Å²) in [5.41, 5.74) is 1.11. The van der Waals surface area contributed by atoms with E-state index in [2.05, 4.69) is 4.98 Å². The molecule has 1 fully saturated rings. The van der Waals surface area contributed by atoms with Gasteiger partial charge in [0.25, 0.3) is 0 Å². The summed E-state index contributed by atoms with van der Waals surface area (Å²) in [5.74, 6) is 0.311. The number of carbonyl (C=O) groups is 2. The van der Waals surface area contributed by atoms with Crippen LogP contribution in [-0.2, 0) is 11.2 Å². The topological polar surface area (TPSA) is 73.7 Å². The number of likely N-dealkylation sites (N-methyl/N-ethyl adjacent to an activating group) is 1. The molecular formula is C14H19N3O3S. The fraction of sp³-hybridized carbons (Fsp3) is 0.500. The highest BCUT2D eigenvalue weighted by atomic mass is 32.2. The molecule has 0 saturated carbocycles. The first-order valence-electron chi connectivity index (χ1n) is 6.81. The van der Waals surface area contributed by atoms with E-state index in [1.807, 2.05) is 12.1 Å². The minimum absolute atomic E-state index is 0.211. The van der Waals surface area contributed by atoms with Crippen molar-refractivity contribution in [3.05, 3.63) is 30.1 Å². The maximum Gasteiger partial charge on any atom is 0.327 e. The summed E-state index contributed by atoms with van der Waals surface area (Å²) >= 11 is 1.57. The Labute approximate surface area is 128 Å². The normalized spacial score (nSPS) is 18.3. The Morgan fingerprint density at radius 1 is 1.48 bits per heavy atom. The first kappa shape index (κ1) is 15.6. The molecule has 0 aromatic carbocycles. The zero-order valence-electron chi connectivity index (χ0n) is 11.9. The highest BCUT2D eigenvalue weighted by Gasteiger charge is 2.33. The van der Waals surface area contributed by atoms with Gasteiger partial charge < -0.3 is 14.9 Å². The van der Waals surface area contributed by atoms with Crippen LogP contribution in [0, 0.1) is 0 Å². The summed E-state index contributed by atoms with van der Waals surface area (Å²) in [6.07, 6.45) is 4.17. The molecule has 1 aromatic heterocycles. The van der Waals surface area contributed by atoms with E-state index in [9.17, 15) is 14.7 Å². The lowest BCUT2D eigenvalue weighted by molar-refractivity contribution is -0.141. The number of hydrogen-bond donors (Lipinski definition) is 1. The molecule has 1 N–H and O–H groups in total. The second-order valence-corrected chi connectivity index (χ2v) is 6.08. The van der Waals surface area contributed by atoms with E-state index in [0.29, 0.717) is 18.8 Å². The van der Waals surface area contributed by atoms with Gasteiger partial charge in [0.05, 0.1) is 0 Å². The maximum atomic E-state index is 12.4. The molecule has 1 unspecified atom stereocenters. The Bertz CT molecular complexity index is 497. The van der Waals surface area contributed by atoms with Crippen molar-refractivity contribution in [3.63, 3.8) is 0 Å². The Hall–Kier alpha value is -1.76. The van der Waals surface area contributed by atoms with Gasteiger partial charge in [0.1, 0.15) is 6.04 Å². The lowest BCUT2D eigenvalue weighted by Crippen LogP contribution is -2.54. The zero-order chi connectivity index (χ0) is 15.2. The van der Waals surface area contributed by atoms with Gasteiger partial charge in [-0.1, -0.05) is 0 Å². The minimum atomic E-state index is -0.932. The standard InChI is InChI=1S/C14H19N3O3S/c1-16(7-4-11-2-5-15-6-3-11)14(20)17-8-9-21-10-12(17)13(18)19/h2-3,5-6,12H,4,7-10H2,1H3,(H,18,19). The molecule has 114 valence electrons. The summed E-state index contributed by atoms with van der Waals surface area (Å²) in [4.78, 5) is 30.6. The maximum absolute atomic E-state index is 12.4. The van der Waals surface area contributed by atoms with Crippen LogP contribution in [0.4, 0.5) is 4.79 Å². The van der Waals surface area contributed by atoms with E-state index in [1.165, 1.54) is 4.90 Å². The predicted molar refractivity (Wildman–Crippen MR) is 81.4 cm³/mol. The van der Waals surface area contributed by atoms with Crippen molar-refractivity contribution in [2.45, 2.75) is 12.5 Å². The number of rotatable bonds is 4. The SMILES string of the molecule is CN(CCc1ccncc1)C(=O)N1CCSCC1C(=O)O. The molecule has 1 aromatic rings. The highest BCUT2D eigenvalue weighted by molar-refractivity contribution is 7.99. The Morgan fingerprint density at radius 2 is 2.19 bits per heavy atom. The molecule has 2 heterocycles. The molecule has 21 heavy (non-hydrogen) atoms. The molecule has 2 rings (SSSR count). The average Bonchev–Trinajstić information content (AvgIpc) is 2.52. The molecule has 1 aliphatic rings. The van der Waals surface area contributed by atoms with Crippen LogP contribution in [-0.4, -0.2) is 69.6 Å². The Morgan fingerprint density at radius 3 is 2.86 bits per heavy atom. The molecule has 0 aliphatic carbocycles. The third-order valence-electron chi connectivity index (χ3n) is 3.47. The molecule has 2 amide bonds. The second-order valence-electron chi connectivity index (χ2n) is 4.93. The van der Waals surface area contributed by atoms with Crippen molar-refractivity contribution in [1.29, 1.82) is 0 Å². The molecule has 6 nitrogen and oxygen atoms in total. The van der Waals surface area contributed by atoms with Crippen LogP contribution >= 0.6 is 11.8 Å². The molecule has 0 spiro atoms. The first-order valence-corrected chi connectivity index (χ1v) is 7.96. The van der Waals surface area contributed by atoms with Crippen molar-refractivity contribution in [1.82, 2.24) is 14.8 Å². The van der Waals surface area contributed by atoms with Crippen LogP contribution in [0.3, 0.4) is 0 Å². The zero-order valence-corrected chi connectivity index (χ0v) is 12.8. The van der Waals surface area contributed by atoms with E-state index in [1.54, 1.807) is 36.1 Å². The number of carbonyl (C=O) groups excluding carboxylic acids is 1. The monoisotopic (exact) mass is 309 g/mol. The number of carboxylic acids is 1. The van der Waals surface area contributed by atoms with Gasteiger partial charge in [-0.2, -0.15) is 11.8 Å². The van der Waals surface area contributed by atoms with Gasteiger partial charge in [-0.3, -0.25) is 4.98 Å². The van der Waals surface area contributed by atoms with E-state index in [4.69, 9.17) is 0 Å². The molecule has 1 atom stereocenters. The fourth-order valence-corrected chi connectivity index (χ4v) is 3.24. The smallest absolute Gasteiger partial charge is 0.327 e. The molecule has 0 bridgehead atoms. The number of thioether (sulfide) groups is 1. The fourth-order valence-electron chi connectivity index (χ4n) is 2.20. The summed E-state index contributed by atoms with van der Waals surface area (Å²) < 4.78 is 0. The van der Waals surface area contributed by atoms with Crippen molar-refractivity contribution in [2.75, 3.05) is 31.6 Å². The van der Waals surface area contributed by atoms with E-state index in [0.717, 1.165) is 17.7 Å². The Balaban J connectivity index is 1.93. The van der Waals surface area contributed by atoms with Crippen LogP contribution in [0.1, 0.15) is 5.56 Å². The number of amides is 2. The number of aromatic nitrogens is 1. The lowest BCUT2D eigenvalue weighted by Gasteiger charge is -2.35. The molecule has 1 aliphatic heterocycles. The summed E-state index contributed by atoms with van der Waals surface area (Å²) in [5, 5.41) is 9.21. The van der Waals surface area contributed by atoms with E-state index in [-0.39, 0.29) is 6.03 Å². The Kier molecular flexibility index (Phi) is 5.44. The van der Waals surface area contributed by atoms with Crippen LogP contribution < -0.4 is 0 Å². The second kappa shape index (κ2) is 7.31. The van der Waals surface area contributed by atoms with Crippen molar-refractivity contribution >= 4 is 23.8 Å². The van der Waals surface area contributed by atoms with Gasteiger partial charge in [-0.15, -0.1) is 0 Å². The van der Waals surface area contributed by atoms with Gasteiger partial charge in [0.2, 0.25) is 0 Å². The van der Waals surface area contributed by atoms with Crippen LogP contribution in [0.15, 0.2) is 24.5 Å². The largest absolute Gasteiger partial charge is 0.480 e. The quantitative estimate of drug-likeness (QED) is 0.904. The highest BCUT2D eigenvalue weighted by Crippen LogP contribution is 2.18. The van der Waals surface area contributed by atoms with Gasteiger partial charge in [-0.25, -0.2) is 9.59 Å². The third-order valence-corrected chi connectivity index (χ3v) is 4.49. The van der Waals surface area contributed by atoms with Crippen LogP contribution in [0.2, 0.25) is 0 Å². The van der Waals surface area contributed by atoms with Gasteiger partial charge in [-0.05, 0) is 24.1 Å². The predicted octanol–water partition coefficient (Wildman–Crippen LogP) is 1.18. The number of pyridine rings is 1. The van der Waals surface area contributed by atoms with Crippen molar-refractivity contribution in [2.24, 2.45) is 0 Å². The number of urea groups is 1. The summed E-state index contributed by atoms with van der Waals surface area (Å²) in [7, 11) is 1.71. The van der Waals surface area contributed by atoms with Crippen molar-refractivity contribution in [3.8, 4) is 0 Å². The lowest BCUT2D eigenvalue weighted by atomic mass is 10.2. The number of hydrogen-bond acceptors (Lipinski definition) is 4. The van der Waals surface area contributed by atoms with Gasteiger partial charge >= 0.3 is 12.0 Å². The summed E-state index contributed by atoms with van der Waals surface area (Å²) in [6, 6.07) is 2.89. The third kappa shape index (κ3) is 4.10. The molecular weight excluding hydrogens is 290 g/mol. The molecule has 0 radical (unpaired) electrons. The number of nitrogens with zero attached hydrogens (tertiary/aromatic N) is 3. The average molecular weight is 309 g/mol. The van der Waals surface area contributed by atoms with Crippen LogP contribution in [0.5, 0.6) is 0 Å². The van der Waals surface area contributed by atoms with E-state index >= 15 is 0 Å². The number of aliphatic carboxylic acids is 1.